The molecule has 134 valence electrons. The summed E-state index contributed by atoms with van der Waals surface area (Å²) in [6, 6.07) is 24.3. The molecule has 0 saturated carbocycles. The highest BCUT2D eigenvalue weighted by Gasteiger charge is 2.31. The first-order valence-electron chi connectivity index (χ1n) is 9.01. The number of rotatable bonds is 3. The van der Waals surface area contributed by atoms with Gasteiger partial charge in [0.1, 0.15) is 0 Å². The van der Waals surface area contributed by atoms with E-state index in [1.54, 1.807) is 36.4 Å². The molecule has 1 heterocycles. The lowest BCUT2D eigenvalue weighted by Gasteiger charge is -2.23. The summed E-state index contributed by atoms with van der Waals surface area (Å²) in [4.78, 5) is 27.1. The summed E-state index contributed by atoms with van der Waals surface area (Å²) in [5, 5.41) is 2.85. The van der Waals surface area contributed by atoms with E-state index < -0.39 is 0 Å². The molecule has 3 aromatic rings. The molecule has 4 rings (SSSR count). The highest BCUT2D eigenvalue weighted by Crippen LogP contribution is 2.33. The van der Waals surface area contributed by atoms with E-state index in [1.165, 1.54) is 5.56 Å². The van der Waals surface area contributed by atoms with Crippen LogP contribution in [0.1, 0.15) is 33.2 Å². The van der Waals surface area contributed by atoms with Crippen LogP contribution in [0.2, 0.25) is 0 Å². The van der Waals surface area contributed by atoms with Crippen molar-refractivity contribution in [1.82, 2.24) is 0 Å². The lowest BCUT2D eigenvalue weighted by molar-refractivity contribution is 0.0980. The Morgan fingerprint density at radius 2 is 1.52 bits per heavy atom. The van der Waals surface area contributed by atoms with Crippen LogP contribution in [0.5, 0.6) is 0 Å². The van der Waals surface area contributed by atoms with Gasteiger partial charge in [0.2, 0.25) is 0 Å². The molecule has 3 aromatic carbocycles. The van der Waals surface area contributed by atoms with Crippen molar-refractivity contribution in [2.45, 2.75) is 19.4 Å². The largest absolute Gasteiger partial charge is 0.322 e. The third-order valence-corrected chi connectivity index (χ3v) is 4.85. The molecule has 27 heavy (non-hydrogen) atoms. The van der Waals surface area contributed by atoms with Gasteiger partial charge in [0.05, 0.1) is 0 Å². The van der Waals surface area contributed by atoms with E-state index in [0.717, 1.165) is 12.1 Å². The Labute approximate surface area is 158 Å². The van der Waals surface area contributed by atoms with Crippen molar-refractivity contribution in [3.8, 4) is 0 Å². The monoisotopic (exact) mass is 356 g/mol. The standard InChI is InChI=1S/C23H20N2O2/c1-16-15-19-9-5-6-10-21(19)25(16)23(27)18-11-13-20(14-12-18)24-22(26)17-7-3-2-4-8-17/h2-14,16H,15H2,1H3,(H,24,26). The van der Waals surface area contributed by atoms with Crippen molar-refractivity contribution < 1.29 is 9.59 Å². The number of amides is 2. The van der Waals surface area contributed by atoms with Crippen molar-refractivity contribution in [3.05, 3.63) is 95.6 Å². The fraction of sp³-hybridized carbons (Fsp3) is 0.130. The molecular weight excluding hydrogens is 336 g/mol. The maximum atomic E-state index is 13.0. The average Bonchev–Trinajstić information content (AvgIpc) is 3.04. The van der Waals surface area contributed by atoms with Gasteiger partial charge >= 0.3 is 0 Å². The molecule has 1 N–H and O–H groups in total. The van der Waals surface area contributed by atoms with Crippen LogP contribution in [-0.2, 0) is 6.42 Å². The van der Waals surface area contributed by atoms with Gasteiger partial charge in [-0.05, 0) is 61.4 Å². The van der Waals surface area contributed by atoms with E-state index in [-0.39, 0.29) is 17.9 Å². The van der Waals surface area contributed by atoms with Crippen molar-refractivity contribution in [1.29, 1.82) is 0 Å². The van der Waals surface area contributed by atoms with E-state index in [9.17, 15) is 9.59 Å². The summed E-state index contributed by atoms with van der Waals surface area (Å²) < 4.78 is 0. The van der Waals surface area contributed by atoms with Crippen molar-refractivity contribution in [2.24, 2.45) is 0 Å². The predicted molar refractivity (Wildman–Crippen MR) is 107 cm³/mol. The average molecular weight is 356 g/mol. The number of fused-ring (bicyclic) bond motifs is 1. The SMILES string of the molecule is CC1Cc2ccccc2N1C(=O)c1ccc(NC(=O)c2ccccc2)cc1. The molecule has 1 atom stereocenters. The summed E-state index contributed by atoms with van der Waals surface area (Å²) in [5.41, 5.74) is 4.05. The topological polar surface area (TPSA) is 49.4 Å². The second-order valence-corrected chi connectivity index (χ2v) is 6.75. The minimum atomic E-state index is -0.170. The highest BCUT2D eigenvalue weighted by molar-refractivity contribution is 6.08. The van der Waals surface area contributed by atoms with Crippen LogP contribution in [0.25, 0.3) is 0 Å². The molecule has 2 amide bonds. The molecule has 0 aromatic heterocycles. The van der Waals surface area contributed by atoms with Crippen LogP contribution in [0.4, 0.5) is 11.4 Å². The Kier molecular flexibility index (Phi) is 4.47. The van der Waals surface area contributed by atoms with E-state index in [4.69, 9.17) is 0 Å². The van der Waals surface area contributed by atoms with E-state index in [0.29, 0.717) is 16.8 Å². The van der Waals surface area contributed by atoms with Crippen molar-refractivity contribution in [2.75, 3.05) is 10.2 Å². The number of hydrogen-bond donors (Lipinski definition) is 1. The molecule has 1 aliphatic heterocycles. The number of nitrogens with one attached hydrogen (secondary N) is 1. The predicted octanol–water partition coefficient (Wildman–Crippen LogP) is 4.53. The number of anilines is 2. The van der Waals surface area contributed by atoms with Crippen LogP contribution < -0.4 is 10.2 Å². The van der Waals surface area contributed by atoms with Crippen LogP contribution in [-0.4, -0.2) is 17.9 Å². The molecule has 4 nitrogen and oxygen atoms in total. The first-order chi connectivity index (χ1) is 13.1. The number of hydrogen-bond acceptors (Lipinski definition) is 2. The minimum absolute atomic E-state index is 0.0200. The number of carbonyl (C=O) groups excluding carboxylic acids is 2. The van der Waals surface area contributed by atoms with Crippen molar-refractivity contribution >= 4 is 23.2 Å². The van der Waals surface area contributed by atoms with Gasteiger partial charge in [-0.2, -0.15) is 0 Å². The zero-order valence-electron chi connectivity index (χ0n) is 15.1. The second-order valence-electron chi connectivity index (χ2n) is 6.75. The Morgan fingerprint density at radius 1 is 0.852 bits per heavy atom. The molecule has 0 aliphatic carbocycles. The Bertz CT molecular complexity index is 981. The van der Waals surface area contributed by atoms with Gasteiger partial charge in [0.15, 0.2) is 0 Å². The summed E-state index contributed by atoms with van der Waals surface area (Å²) >= 11 is 0. The van der Waals surface area contributed by atoms with E-state index >= 15 is 0 Å². The summed E-state index contributed by atoms with van der Waals surface area (Å²) in [6.07, 6.45) is 0.868. The first kappa shape index (κ1) is 17.0. The fourth-order valence-corrected chi connectivity index (χ4v) is 3.50. The number of para-hydroxylation sites is 1. The third kappa shape index (κ3) is 3.34. The van der Waals surface area contributed by atoms with Gasteiger partial charge in [-0.3, -0.25) is 9.59 Å². The quantitative estimate of drug-likeness (QED) is 0.749. The van der Waals surface area contributed by atoms with Crippen LogP contribution >= 0.6 is 0 Å². The lowest BCUT2D eigenvalue weighted by atomic mass is 10.1. The van der Waals surface area contributed by atoms with Crippen LogP contribution in [0.3, 0.4) is 0 Å². The molecule has 1 unspecified atom stereocenters. The molecule has 0 bridgehead atoms. The van der Waals surface area contributed by atoms with Gasteiger partial charge in [-0.25, -0.2) is 0 Å². The summed E-state index contributed by atoms with van der Waals surface area (Å²) in [7, 11) is 0. The minimum Gasteiger partial charge on any atom is -0.322 e. The summed E-state index contributed by atoms with van der Waals surface area (Å²) in [5.74, 6) is -0.190. The molecular formula is C23H20N2O2. The molecule has 0 spiro atoms. The van der Waals surface area contributed by atoms with Crippen LogP contribution in [0, 0.1) is 0 Å². The van der Waals surface area contributed by atoms with E-state index in [2.05, 4.69) is 18.3 Å². The highest BCUT2D eigenvalue weighted by atomic mass is 16.2. The molecule has 1 aliphatic rings. The Morgan fingerprint density at radius 3 is 2.26 bits per heavy atom. The Balaban J connectivity index is 1.51. The zero-order valence-corrected chi connectivity index (χ0v) is 15.1. The molecule has 0 fully saturated rings. The molecule has 0 saturated heterocycles. The first-order valence-corrected chi connectivity index (χ1v) is 9.01. The summed E-state index contributed by atoms with van der Waals surface area (Å²) in [6.45, 7) is 2.06. The molecule has 4 heteroatoms. The smallest absolute Gasteiger partial charge is 0.258 e. The number of nitrogens with zero attached hydrogens (tertiary/aromatic N) is 1. The maximum Gasteiger partial charge on any atom is 0.258 e. The van der Waals surface area contributed by atoms with Gasteiger partial charge in [0, 0.05) is 28.5 Å². The third-order valence-electron chi connectivity index (χ3n) is 4.85. The lowest BCUT2D eigenvalue weighted by Crippen LogP contribution is -2.35. The van der Waals surface area contributed by atoms with Crippen LogP contribution in [0.15, 0.2) is 78.9 Å². The van der Waals surface area contributed by atoms with Gasteiger partial charge in [0.25, 0.3) is 11.8 Å². The maximum absolute atomic E-state index is 13.0. The number of carbonyl (C=O) groups is 2. The number of benzene rings is 3. The zero-order chi connectivity index (χ0) is 18.8. The van der Waals surface area contributed by atoms with Gasteiger partial charge in [-0.15, -0.1) is 0 Å². The second kappa shape index (κ2) is 7.08. The molecule has 0 radical (unpaired) electrons. The van der Waals surface area contributed by atoms with Crippen molar-refractivity contribution in [3.63, 3.8) is 0 Å². The Hall–Kier alpha value is -3.40. The van der Waals surface area contributed by atoms with Gasteiger partial charge in [-0.1, -0.05) is 36.4 Å². The normalized spacial score (nSPS) is 15.3. The van der Waals surface area contributed by atoms with Gasteiger partial charge < -0.3 is 10.2 Å². The van der Waals surface area contributed by atoms with E-state index in [1.807, 2.05) is 41.3 Å². The fourth-order valence-electron chi connectivity index (χ4n) is 3.50.